The molecule has 284 valence electrons. The number of rotatable bonds is 6. The predicted molar refractivity (Wildman–Crippen MR) is 251 cm³/mol. The standard InChI is InChI=1S/C57H40N2O/c1-57(2)48-28-11-6-24-47(48)55-44(25-17-29-49(55)57)40-21-8-13-31-51(40)59(38-34-35-42-39-20-7-12-30-50(39)58(53(42)36-38)37-18-4-3-5-19-37)52-32-14-9-22-41(52)45-26-16-27-46-43-23-10-15-33-54(43)60-56(45)46/h3-36H,1-2H3. The average molecular weight is 769 g/mol. The van der Waals surface area contributed by atoms with Crippen molar-refractivity contribution in [1.82, 2.24) is 4.57 Å². The molecule has 0 radical (unpaired) electrons. The molecule has 0 aliphatic heterocycles. The van der Waals surface area contributed by atoms with Crippen LogP contribution in [-0.2, 0) is 5.41 Å². The second-order valence-corrected chi connectivity index (χ2v) is 16.4. The first-order valence-electron chi connectivity index (χ1n) is 20.8. The van der Waals surface area contributed by atoms with Gasteiger partial charge in [-0.25, -0.2) is 0 Å². The molecule has 11 aromatic rings. The van der Waals surface area contributed by atoms with Crippen LogP contribution in [0.5, 0.6) is 0 Å². The Bertz CT molecular complexity index is 3480. The van der Waals surface area contributed by atoms with Crippen LogP contribution in [0.2, 0.25) is 0 Å². The SMILES string of the molecule is CC1(C)c2ccccc2-c2c(-c3ccccc3N(c3ccc4c5ccccc5n(-c5ccccc5)c4c3)c3ccccc3-c3cccc4c3oc3ccccc34)cccc21. The number of benzene rings is 9. The van der Waals surface area contributed by atoms with Crippen LogP contribution in [0.1, 0.15) is 25.0 Å². The molecule has 2 heterocycles. The van der Waals surface area contributed by atoms with Crippen LogP contribution in [-0.4, -0.2) is 4.57 Å². The quantitative estimate of drug-likeness (QED) is 0.168. The summed E-state index contributed by atoms with van der Waals surface area (Å²) in [6.07, 6.45) is 0. The normalized spacial score (nSPS) is 13.0. The number of aromatic nitrogens is 1. The molecule has 9 aromatic carbocycles. The van der Waals surface area contributed by atoms with Crippen molar-refractivity contribution in [3.63, 3.8) is 0 Å². The molecule has 0 N–H and O–H groups in total. The molecular formula is C57H40N2O. The molecule has 3 nitrogen and oxygen atoms in total. The summed E-state index contributed by atoms with van der Waals surface area (Å²) in [6.45, 7) is 4.71. The summed E-state index contributed by atoms with van der Waals surface area (Å²) in [6, 6.07) is 74.9. The molecule has 0 bridgehead atoms. The Morgan fingerprint density at radius 3 is 1.80 bits per heavy atom. The Hall–Kier alpha value is -7.62. The van der Waals surface area contributed by atoms with E-state index >= 15 is 0 Å². The third-order valence-electron chi connectivity index (χ3n) is 12.8. The zero-order chi connectivity index (χ0) is 40.0. The van der Waals surface area contributed by atoms with Crippen molar-refractivity contribution in [3.8, 4) is 39.1 Å². The first-order chi connectivity index (χ1) is 29.6. The predicted octanol–water partition coefficient (Wildman–Crippen LogP) is 15.8. The molecule has 60 heavy (non-hydrogen) atoms. The fourth-order valence-electron chi connectivity index (χ4n) is 10.1. The van der Waals surface area contributed by atoms with E-state index in [1.807, 2.05) is 6.07 Å². The van der Waals surface area contributed by atoms with Gasteiger partial charge in [0.15, 0.2) is 0 Å². The van der Waals surface area contributed by atoms with Crippen molar-refractivity contribution in [1.29, 1.82) is 0 Å². The molecule has 0 amide bonds. The lowest BCUT2D eigenvalue weighted by molar-refractivity contribution is 0.660. The van der Waals surface area contributed by atoms with E-state index in [-0.39, 0.29) is 5.41 Å². The van der Waals surface area contributed by atoms with Gasteiger partial charge in [0.05, 0.1) is 22.4 Å². The summed E-state index contributed by atoms with van der Waals surface area (Å²) < 4.78 is 9.12. The van der Waals surface area contributed by atoms with Crippen LogP contribution < -0.4 is 4.90 Å². The molecule has 1 aliphatic carbocycles. The molecule has 0 unspecified atom stereocenters. The third kappa shape index (κ3) is 5.02. The highest BCUT2D eigenvalue weighted by atomic mass is 16.3. The summed E-state index contributed by atoms with van der Waals surface area (Å²) in [7, 11) is 0. The van der Waals surface area contributed by atoms with E-state index < -0.39 is 0 Å². The lowest BCUT2D eigenvalue weighted by Gasteiger charge is -2.30. The van der Waals surface area contributed by atoms with Gasteiger partial charge in [0, 0.05) is 55.0 Å². The highest BCUT2D eigenvalue weighted by Crippen LogP contribution is 2.54. The smallest absolute Gasteiger partial charge is 0.143 e. The van der Waals surface area contributed by atoms with E-state index in [1.165, 1.54) is 49.7 Å². The first-order valence-corrected chi connectivity index (χ1v) is 20.8. The molecule has 1 aliphatic rings. The molecule has 0 fully saturated rings. The molecule has 3 heteroatoms. The summed E-state index contributed by atoms with van der Waals surface area (Å²) in [4.78, 5) is 2.48. The molecule has 12 rings (SSSR count). The van der Waals surface area contributed by atoms with Crippen LogP contribution in [0.15, 0.2) is 211 Å². The number of fused-ring (bicyclic) bond motifs is 9. The molecular weight excluding hydrogens is 729 g/mol. The summed E-state index contributed by atoms with van der Waals surface area (Å²) in [5.41, 5.74) is 18.2. The van der Waals surface area contributed by atoms with Gasteiger partial charge in [-0.3, -0.25) is 0 Å². The van der Waals surface area contributed by atoms with Gasteiger partial charge in [0.2, 0.25) is 0 Å². The second-order valence-electron chi connectivity index (χ2n) is 16.4. The van der Waals surface area contributed by atoms with Crippen LogP contribution in [0.25, 0.3) is 82.8 Å². The fraction of sp³-hybridized carbons (Fsp3) is 0.0526. The van der Waals surface area contributed by atoms with Crippen molar-refractivity contribution in [2.45, 2.75) is 19.3 Å². The Labute approximate surface area is 349 Å². The maximum absolute atomic E-state index is 6.71. The number of para-hydroxylation sites is 6. The van der Waals surface area contributed by atoms with E-state index in [2.05, 4.69) is 224 Å². The van der Waals surface area contributed by atoms with Crippen LogP contribution in [0.3, 0.4) is 0 Å². The Morgan fingerprint density at radius 2 is 0.983 bits per heavy atom. The number of anilines is 3. The zero-order valence-electron chi connectivity index (χ0n) is 33.4. The fourth-order valence-corrected chi connectivity index (χ4v) is 10.1. The van der Waals surface area contributed by atoms with Crippen molar-refractivity contribution in [2.24, 2.45) is 0 Å². The van der Waals surface area contributed by atoms with Crippen molar-refractivity contribution >= 4 is 60.8 Å². The van der Waals surface area contributed by atoms with Crippen LogP contribution in [0.4, 0.5) is 17.1 Å². The Kier molecular flexibility index (Phi) is 7.58. The second kappa shape index (κ2) is 13.2. The van der Waals surface area contributed by atoms with E-state index in [1.54, 1.807) is 0 Å². The van der Waals surface area contributed by atoms with Gasteiger partial charge in [-0.2, -0.15) is 0 Å². The molecule has 0 saturated carbocycles. The highest BCUT2D eigenvalue weighted by molar-refractivity contribution is 6.13. The van der Waals surface area contributed by atoms with Crippen molar-refractivity contribution in [2.75, 3.05) is 4.90 Å². The highest BCUT2D eigenvalue weighted by Gasteiger charge is 2.37. The molecule has 0 spiro atoms. The summed E-state index contributed by atoms with van der Waals surface area (Å²) in [5.74, 6) is 0. The number of hydrogen-bond donors (Lipinski definition) is 0. The van der Waals surface area contributed by atoms with Gasteiger partial charge >= 0.3 is 0 Å². The number of hydrogen-bond acceptors (Lipinski definition) is 2. The van der Waals surface area contributed by atoms with Gasteiger partial charge in [-0.15, -0.1) is 0 Å². The van der Waals surface area contributed by atoms with E-state index in [4.69, 9.17) is 4.42 Å². The number of furan rings is 1. The van der Waals surface area contributed by atoms with Gasteiger partial charge < -0.3 is 13.9 Å². The minimum Gasteiger partial charge on any atom is -0.455 e. The van der Waals surface area contributed by atoms with Crippen LogP contribution >= 0.6 is 0 Å². The molecule has 2 aromatic heterocycles. The van der Waals surface area contributed by atoms with Gasteiger partial charge in [0.25, 0.3) is 0 Å². The number of nitrogens with zero attached hydrogens (tertiary/aromatic N) is 2. The Morgan fingerprint density at radius 1 is 0.417 bits per heavy atom. The van der Waals surface area contributed by atoms with Crippen LogP contribution in [0, 0.1) is 0 Å². The molecule has 0 saturated heterocycles. The van der Waals surface area contributed by atoms with E-state index in [0.717, 1.165) is 61.3 Å². The first kappa shape index (κ1) is 34.4. The monoisotopic (exact) mass is 768 g/mol. The topological polar surface area (TPSA) is 21.3 Å². The van der Waals surface area contributed by atoms with Gasteiger partial charge in [0.1, 0.15) is 11.2 Å². The van der Waals surface area contributed by atoms with Gasteiger partial charge in [-0.05, 0) is 76.3 Å². The lowest BCUT2D eigenvalue weighted by Crippen LogP contribution is -2.15. The zero-order valence-corrected chi connectivity index (χ0v) is 33.4. The largest absolute Gasteiger partial charge is 0.455 e. The molecule has 0 atom stereocenters. The van der Waals surface area contributed by atoms with Crippen molar-refractivity contribution < 1.29 is 4.42 Å². The lowest BCUT2D eigenvalue weighted by atomic mass is 9.82. The maximum atomic E-state index is 6.71. The minimum atomic E-state index is -0.121. The summed E-state index contributed by atoms with van der Waals surface area (Å²) >= 11 is 0. The summed E-state index contributed by atoms with van der Waals surface area (Å²) in [5, 5.41) is 4.67. The van der Waals surface area contributed by atoms with E-state index in [9.17, 15) is 0 Å². The minimum absolute atomic E-state index is 0.121. The van der Waals surface area contributed by atoms with Crippen molar-refractivity contribution in [3.05, 3.63) is 217 Å². The third-order valence-corrected chi connectivity index (χ3v) is 12.8. The van der Waals surface area contributed by atoms with Gasteiger partial charge in [-0.1, -0.05) is 172 Å². The van der Waals surface area contributed by atoms with E-state index in [0.29, 0.717) is 0 Å². The Balaban J connectivity index is 1.16. The maximum Gasteiger partial charge on any atom is 0.143 e. The average Bonchev–Trinajstić information content (AvgIpc) is 3.93.